The summed E-state index contributed by atoms with van der Waals surface area (Å²) < 4.78 is 22.3. The van der Waals surface area contributed by atoms with Gasteiger partial charge in [-0.3, -0.25) is 0 Å². The molecule has 0 heterocycles. The maximum absolute atomic E-state index is 5.65. The van der Waals surface area contributed by atoms with Crippen molar-refractivity contribution >= 4 is 0 Å². The first-order valence-electron chi connectivity index (χ1n) is 16.6. The van der Waals surface area contributed by atoms with Gasteiger partial charge in [-0.05, 0) is 114 Å². The normalized spacial score (nSPS) is 12.8. The van der Waals surface area contributed by atoms with E-state index in [1.54, 1.807) is 28.4 Å². The molecule has 0 amide bonds. The van der Waals surface area contributed by atoms with Crippen molar-refractivity contribution in [3.8, 4) is 23.0 Å². The molecular weight excluding hydrogens is 574 g/mol. The molecule has 253 valence electrons. The molecule has 0 saturated heterocycles. The van der Waals surface area contributed by atoms with Gasteiger partial charge in [-0.2, -0.15) is 0 Å². The Balaban J connectivity index is 1.54. The van der Waals surface area contributed by atoms with Crippen molar-refractivity contribution in [3.05, 3.63) is 90.3 Å². The second-order valence-corrected chi connectivity index (χ2v) is 12.4. The van der Waals surface area contributed by atoms with Crippen LogP contribution >= 0.6 is 0 Å². The summed E-state index contributed by atoms with van der Waals surface area (Å²) in [5.41, 5.74) is 3.74. The summed E-state index contributed by atoms with van der Waals surface area (Å²) in [5, 5.41) is 0. The third kappa shape index (κ3) is 11.5. The number of likely N-dealkylation sites (N-methyl/N-ethyl adjacent to an activating group) is 3. The van der Waals surface area contributed by atoms with Gasteiger partial charge in [-0.15, -0.1) is 0 Å². The molecule has 7 heteroatoms. The highest BCUT2D eigenvalue weighted by Crippen LogP contribution is 2.32. The van der Waals surface area contributed by atoms with Crippen molar-refractivity contribution in [2.75, 3.05) is 82.3 Å². The zero-order chi connectivity index (χ0) is 33.3. The van der Waals surface area contributed by atoms with E-state index in [0.717, 1.165) is 94.2 Å². The number of methoxy groups -OCH3 is 4. The zero-order valence-electron chi connectivity index (χ0n) is 29.5. The van der Waals surface area contributed by atoms with E-state index in [2.05, 4.69) is 78.3 Å². The standard InChI is InChI=1S/C39H58N3O4/c1-31(22-27-41(3)29-25-34-18-13-21-37(44-6)39(34)46-8)35(42(4)30-23-32-15-10-9-11-16-32)19-14-26-40(2)28-24-33-17-12-20-36(43-5)38(33)45-7/h9-13,15-18,20-21,31,35H,1,14,19,22-30H2,2-8H3. The van der Waals surface area contributed by atoms with Crippen LogP contribution in [0.4, 0.5) is 0 Å². The second kappa shape index (κ2) is 20.1. The van der Waals surface area contributed by atoms with Crippen LogP contribution in [0.2, 0.25) is 0 Å². The van der Waals surface area contributed by atoms with Gasteiger partial charge in [0.1, 0.15) is 0 Å². The van der Waals surface area contributed by atoms with Crippen LogP contribution in [-0.4, -0.2) is 103 Å². The average Bonchev–Trinajstić information content (AvgIpc) is 3.09. The molecule has 3 aromatic rings. The van der Waals surface area contributed by atoms with E-state index >= 15 is 0 Å². The van der Waals surface area contributed by atoms with E-state index in [-0.39, 0.29) is 0 Å². The molecule has 0 N–H and O–H groups in total. The minimum Gasteiger partial charge on any atom is -0.493 e. The first-order valence-corrected chi connectivity index (χ1v) is 16.6. The van der Waals surface area contributed by atoms with Crippen molar-refractivity contribution < 1.29 is 18.9 Å². The SMILES string of the molecule is [CH2]C(CCN(C)CCc1cccc(OC)c1OC)C(CCCN(C)CCc1cccc(OC)c1OC)N(C)CCc1ccccc1. The van der Waals surface area contributed by atoms with Crippen LogP contribution in [0.15, 0.2) is 66.7 Å². The van der Waals surface area contributed by atoms with E-state index < -0.39 is 0 Å². The molecule has 1 radical (unpaired) electrons. The summed E-state index contributed by atoms with van der Waals surface area (Å²) in [6.07, 6.45) is 6.18. The fraction of sp³-hybridized carbons (Fsp3) is 0.513. The Labute approximate surface area is 279 Å². The molecule has 0 aliphatic rings. The lowest BCUT2D eigenvalue weighted by Crippen LogP contribution is -2.40. The monoisotopic (exact) mass is 632 g/mol. The van der Waals surface area contributed by atoms with Gasteiger partial charge >= 0.3 is 0 Å². The fourth-order valence-corrected chi connectivity index (χ4v) is 6.23. The average molecular weight is 633 g/mol. The van der Waals surface area contributed by atoms with Crippen molar-refractivity contribution in [2.24, 2.45) is 5.92 Å². The Morgan fingerprint density at radius 2 is 1.11 bits per heavy atom. The summed E-state index contributed by atoms with van der Waals surface area (Å²) in [6.45, 7) is 9.72. The number of nitrogens with zero attached hydrogens (tertiary/aromatic N) is 3. The van der Waals surface area contributed by atoms with E-state index in [0.29, 0.717) is 12.0 Å². The highest BCUT2D eigenvalue weighted by molar-refractivity contribution is 5.47. The Hall–Kier alpha value is -3.26. The maximum Gasteiger partial charge on any atom is 0.163 e. The highest BCUT2D eigenvalue weighted by atomic mass is 16.5. The van der Waals surface area contributed by atoms with Crippen LogP contribution in [-0.2, 0) is 19.3 Å². The molecule has 0 aliphatic heterocycles. The fourth-order valence-electron chi connectivity index (χ4n) is 6.23. The molecule has 0 fully saturated rings. The van der Waals surface area contributed by atoms with Crippen molar-refractivity contribution in [3.63, 3.8) is 0 Å². The molecule has 0 aromatic heterocycles. The van der Waals surface area contributed by atoms with Crippen LogP contribution in [0, 0.1) is 12.8 Å². The molecular formula is C39H58N3O4. The third-order valence-electron chi connectivity index (χ3n) is 9.12. The molecule has 3 rings (SSSR count). The predicted molar refractivity (Wildman–Crippen MR) is 191 cm³/mol. The van der Waals surface area contributed by atoms with E-state index in [4.69, 9.17) is 25.9 Å². The molecule has 2 unspecified atom stereocenters. The molecule has 0 bridgehead atoms. The van der Waals surface area contributed by atoms with Crippen LogP contribution in [0.1, 0.15) is 36.0 Å². The first-order chi connectivity index (χ1) is 22.3. The van der Waals surface area contributed by atoms with Gasteiger partial charge in [0.2, 0.25) is 0 Å². The Morgan fingerprint density at radius 1 is 0.565 bits per heavy atom. The van der Waals surface area contributed by atoms with Crippen molar-refractivity contribution in [2.45, 2.75) is 44.6 Å². The lowest BCUT2D eigenvalue weighted by Gasteiger charge is -2.34. The number of rotatable bonds is 22. The van der Waals surface area contributed by atoms with Gasteiger partial charge in [0.15, 0.2) is 23.0 Å². The minimum absolute atomic E-state index is 0.334. The number of para-hydroxylation sites is 2. The van der Waals surface area contributed by atoms with Gasteiger partial charge < -0.3 is 33.6 Å². The van der Waals surface area contributed by atoms with E-state index in [1.807, 2.05) is 24.3 Å². The quantitative estimate of drug-likeness (QED) is 0.125. The Morgan fingerprint density at radius 3 is 1.63 bits per heavy atom. The first kappa shape index (κ1) is 37.2. The minimum atomic E-state index is 0.334. The van der Waals surface area contributed by atoms with Gasteiger partial charge in [-0.1, -0.05) is 54.6 Å². The van der Waals surface area contributed by atoms with Gasteiger partial charge in [0, 0.05) is 25.7 Å². The number of ether oxygens (including phenoxy) is 4. The maximum atomic E-state index is 5.65. The van der Waals surface area contributed by atoms with E-state index in [9.17, 15) is 0 Å². The molecule has 0 saturated carbocycles. The summed E-state index contributed by atoms with van der Waals surface area (Å²) in [4.78, 5) is 7.39. The van der Waals surface area contributed by atoms with E-state index in [1.165, 1.54) is 16.7 Å². The Kier molecular flexibility index (Phi) is 16.2. The molecule has 0 aliphatic carbocycles. The number of hydrogen-bond donors (Lipinski definition) is 0. The Bertz CT molecular complexity index is 1270. The van der Waals surface area contributed by atoms with Crippen LogP contribution < -0.4 is 18.9 Å². The lowest BCUT2D eigenvalue weighted by atomic mass is 9.92. The summed E-state index contributed by atoms with van der Waals surface area (Å²) >= 11 is 0. The third-order valence-corrected chi connectivity index (χ3v) is 9.12. The predicted octanol–water partition coefficient (Wildman–Crippen LogP) is 6.53. The number of hydrogen-bond acceptors (Lipinski definition) is 7. The van der Waals surface area contributed by atoms with Crippen molar-refractivity contribution in [1.29, 1.82) is 0 Å². The lowest BCUT2D eigenvalue weighted by molar-refractivity contribution is 0.163. The molecule has 46 heavy (non-hydrogen) atoms. The summed E-state index contributed by atoms with van der Waals surface area (Å²) in [7, 11) is 13.5. The molecule has 7 nitrogen and oxygen atoms in total. The van der Waals surface area contributed by atoms with Gasteiger partial charge in [-0.25, -0.2) is 0 Å². The number of benzene rings is 3. The van der Waals surface area contributed by atoms with Crippen LogP contribution in [0.3, 0.4) is 0 Å². The molecule has 0 spiro atoms. The molecule has 3 aromatic carbocycles. The second-order valence-electron chi connectivity index (χ2n) is 12.4. The summed E-state index contributed by atoms with van der Waals surface area (Å²) in [6, 6.07) is 23.4. The topological polar surface area (TPSA) is 46.6 Å². The zero-order valence-corrected chi connectivity index (χ0v) is 29.5. The smallest absolute Gasteiger partial charge is 0.163 e. The highest BCUT2D eigenvalue weighted by Gasteiger charge is 2.22. The van der Waals surface area contributed by atoms with Crippen LogP contribution in [0.5, 0.6) is 23.0 Å². The molecule has 2 atom stereocenters. The van der Waals surface area contributed by atoms with Gasteiger partial charge in [0.25, 0.3) is 0 Å². The van der Waals surface area contributed by atoms with Crippen molar-refractivity contribution in [1.82, 2.24) is 14.7 Å². The van der Waals surface area contributed by atoms with Gasteiger partial charge in [0.05, 0.1) is 28.4 Å². The largest absolute Gasteiger partial charge is 0.493 e. The summed E-state index contributed by atoms with van der Waals surface area (Å²) in [5.74, 6) is 3.58. The van der Waals surface area contributed by atoms with Crippen LogP contribution in [0.25, 0.3) is 0 Å².